The standard InChI is InChI=1S/C23H19F2N3O4S/c24-16-5-8-18(9-6-16)33(31,32)28-13-15-4-2-1-3-14(15)11-21(28)23(30)27-17-7-10-20(25)19(12-17)22(26)29/h1-10,12,21H,11,13H2,(H2,26,29)(H,27,30). The first-order valence-electron chi connectivity index (χ1n) is 9.91. The number of carbonyl (C=O) groups is 2. The molecule has 0 aliphatic carbocycles. The van der Waals surface area contributed by atoms with Crippen LogP contribution >= 0.6 is 0 Å². The van der Waals surface area contributed by atoms with E-state index >= 15 is 0 Å². The van der Waals surface area contributed by atoms with Crippen molar-refractivity contribution in [1.29, 1.82) is 0 Å². The Balaban J connectivity index is 1.70. The van der Waals surface area contributed by atoms with Gasteiger partial charge in [-0.05, 0) is 60.0 Å². The van der Waals surface area contributed by atoms with Crippen LogP contribution in [0.5, 0.6) is 0 Å². The second-order valence-electron chi connectivity index (χ2n) is 7.54. The van der Waals surface area contributed by atoms with E-state index in [-0.39, 0.29) is 23.5 Å². The summed E-state index contributed by atoms with van der Waals surface area (Å²) in [6.07, 6.45) is 0.0896. The average Bonchev–Trinajstić information content (AvgIpc) is 2.79. The topological polar surface area (TPSA) is 110 Å². The molecule has 170 valence electrons. The molecule has 33 heavy (non-hydrogen) atoms. The number of sulfonamides is 1. The molecule has 0 aromatic heterocycles. The minimum Gasteiger partial charge on any atom is -0.366 e. The molecule has 1 aliphatic rings. The fourth-order valence-corrected chi connectivity index (χ4v) is 5.30. The highest BCUT2D eigenvalue weighted by molar-refractivity contribution is 7.89. The van der Waals surface area contributed by atoms with E-state index < -0.39 is 45.1 Å². The molecule has 4 rings (SSSR count). The number of primary amides is 1. The minimum atomic E-state index is -4.16. The fourth-order valence-electron chi connectivity index (χ4n) is 3.73. The first-order valence-corrected chi connectivity index (χ1v) is 11.4. The van der Waals surface area contributed by atoms with Crippen LogP contribution in [0.3, 0.4) is 0 Å². The average molecular weight is 471 g/mol. The third-order valence-electron chi connectivity index (χ3n) is 5.43. The Morgan fingerprint density at radius 3 is 2.30 bits per heavy atom. The summed E-state index contributed by atoms with van der Waals surface area (Å²) in [6, 6.07) is 13.7. The van der Waals surface area contributed by atoms with Crippen molar-refractivity contribution in [3.05, 3.63) is 95.1 Å². The van der Waals surface area contributed by atoms with Crippen LogP contribution in [0.1, 0.15) is 21.5 Å². The summed E-state index contributed by atoms with van der Waals surface area (Å²) in [4.78, 5) is 24.5. The summed E-state index contributed by atoms with van der Waals surface area (Å²) in [5, 5.41) is 2.55. The number of benzene rings is 3. The maximum atomic E-state index is 13.8. The maximum Gasteiger partial charge on any atom is 0.251 e. The molecular formula is C23H19F2N3O4S. The third kappa shape index (κ3) is 4.48. The summed E-state index contributed by atoms with van der Waals surface area (Å²) >= 11 is 0. The van der Waals surface area contributed by atoms with E-state index in [4.69, 9.17) is 5.73 Å². The van der Waals surface area contributed by atoms with Gasteiger partial charge in [-0.25, -0.2) is 17.2 Å². The van der Waals surface area contributed by atoms with E-state index in [1.807, 2.05) is 0 Å². The number of fused-ring (bicyclic) bond motifs is 1. The first kappa shape index (κ1) is 22.6. The Kier molecular flexibility index (Phi) is 5.96. The van der Waals surface area contributed by atoms with Crippen LogP contribution in [0.15, 0.2) is 71.6 Å². The molecule has 0 saturated heterocycles. The number of anilines is 1. The van der Waals surface area contributed by atoms with Gasteiger partial charge in [-0.1, -0.05) is 24.3 Å². The lowest BCUT2D eigenvalue weighted by atomic mass is 9.95. The van der Waals surface area contributed by atoms with Crippen LogP contribution in [-0.2, 0) is 27.8 Å². The number of nitrogens with two attached hydrogens (primary N) is 1. The quantitative estimate of drug-likeness (QED) is 0.596. The smallest absolute Gasteiger partial charge is 0.251 e. The predicted octanol–water partition coefficient (Wildman–Crippen LogP) is 2.82. The van der Waals surface area contributed by atoms with E-state index in [0.29, 0.717) is 0 Å². The SMILES string of the molecule is NC(=O)c1cc(NC(=O)C2Cc3ccccc3CN2S(=O)(=O)c2ccc(F)cc2)ccc1F. The molecule has 2 amide bonds. The third-order valence-corrected chi connectivity index (χ3v) is 7.30. The van der Waals surface area contributed by atoms with Gasteiger partial charge in [-0.2, -0.15) is 4.31 Å². The molecule has 1 heterocycles. The summed E-state index contributed by atoms with van der Waals surface area (Å²) in [7, 11) is -4.16. The number of carbonyl (C=O) groups excluding carboxylic acids is 2. The molecule has 0 spiro atoms. The second-order valence-corrected chi connectivity index (χ2v) is 9.43. The summed E-state index contributed by atoms with van der Waals surface area (Å²) in [6.45, 7) is -0.0656. The Morgan fingerprint density at radius 1 is 0.970 bits per heavy atom. The lowest BCUT2D eigenvalue weighted by Crippen LogP contribution is -2.50. The number of hydrogen-bond donors (Lipinski definition) is 2. The van der Waals surface area contributed by atoms with E-state index in [9.17, 15) is 26.8 Å². The largest absolute Gasteiger partial charge is 0.366 e. The second kappa shape index (κ2) is 8.72. The molecule has 0 bridgehead atoms. The van der Waals surface area contributed by atoms with Crippen LogP contribution in [0.2, 0.25) is 0 Å². The van der Waals surface area contributed by atoms with E-state index in [1.165, 1.54) is 6.07 Å². The summed E-state index contributed by atoms with van der Waals surface area (Å²) in [5.74, 6) is -3.10. The number of nitrogens with zero attached hydrogens (tertiary/aromatic N) is 1. The number of amides is 2. The zero-order valence-electron chi connectivity index (χ0n) is 17.2. The van der Waals surface area contributed by atoms with Crippen molar-refractivity contribution in [1.82, 2.24) is 4.31 Å². The van der Waals surface area contributed by atoms with Crippen LogP contribution < -0.4 is 11.1 Å². The molecule has 0 saturated carbocycles. The van der Waals surface area contributed by atoms with E-state index in [1.54, 1.807) is 24.3 Å². The van der Waals surface area contributed by atoms with Gasteiger partial charge >= 0.3 is 0 Å². The molecule has 0 fully saturated rings. The maximum absolute atomic E-state index is 13.8. The molecule has 1 aliphatic heterocycles. The van der Waals surface area contributed by atoms with Crippen molar-refractivity contribution < 1.29 is 26.8 Å². The monoisotopic (exact) mass is 471 g/mol. The lowest BCUT2D eigenvalue weighted by molar-refractivity contribution is -0.120. The molecule has 3 aromatic carbocycles. The highest BCUT2D eigenvalue weighted by atomic mass is 32.2. The minimum absolute atomic E-state index is 0.0656. The van der Waals surface area contributed by atoms with Crippen LogP contribution in [0, 0.1) is 11.6 Å². The highest BCUT2D eigenvalue weighted by Crippen LogP contribution is 2.30. The van der Waals surface area contributed by atoms with Crippen LogP contribution in [0.4, 0.5) is 14.5 Å². The van der Waals surface area contributed by atoms with Gasteiger partial charge in [-0.3, -0.25) is 9.59 Å². The number of halogens is 2. The van der Waals surface area contributed by atoms with Gasteiger partial charge in [0.1, 0.15) is 17.7 Å². The van der Waals surface area contributed by atoms with Crippen molar-refractivity contribution in [2.45, 2.75) is 23.9 Å². The number of hydrogen-bond acceptors (Lipinski definition) is 4. The molecule has 1 atom stereocenters. The lowest BCUT2D eigenvalue weighted by Gasteiger charge is -2.35. The normalized spacial score (nSPS) is 16.1. The van der Waals surface area contributed by atoms with Gasteiger partial charge < -0.3 is 11.1 Å². The summed E-state index contributed by atoms with van der Waals surface area (Å²) in [5.41, 5.74) is 6.39. The highest BCUT2D eigenvalue weighted by Gasteiger charge is 2.39. The van der Waals surface area contributed by atoms with Gasteiger partial charge in [-0.15, -0.1) is 0 Å². The van der Waals surface area contributed by atoms with Crippen LogP contribution in [0.25, 0.3) is 0 Å². The van der Waals surface area contributed by atoms with Crippen LogP contribution in [-0.4, -0.2) is 30.6 Å². The summed E-state index contributed by atoms with van der Waals surface area (Å²) < 4.78 is 54.9. The molecule has 3 N–H and O–H groups in total. The zero-order chi connectivity index (χ0) is 23.8. The van der Waals surface area contributed by atoms with E-state index in [0.717, 1.165) is 51.8 Å². The predicted molar refractivity (Wildman–Crippen MR) is 117 cm³/mol. The van der Waals surface area contributed by atoms with Gasteiger partial charge in [0.25, 0.3) is 5.91 Å². The Bertz CT molecular complexity index is 1340. The molecule has 3 aromatic rings. The fraction of sp³-hybridized carbons (Fsp3) is 0.130. The number of nitrogens with one attached hydrogen (secondary N) is 1. The van der Waals surface area contributed by atoms with Crippen molar-refractivity contribution in [3.63, 3.8) is 0 Å². The van der Waals surface area contributed by atoms with Gasteiger partial charge in [0.05, 0.1) is 10.5 Å². The van der Waals surface area contributed by atoms with Gasteiger partial charge in [0, 0.05) is 12.2 Å². The first-order chi connectivity index (χ1) is 15.7. The zero-order valence-corrected chi connectivity index (χ0v) is 18.0. The molecule has 7 nitrogen and oxygen atoms in total. The van der Waals surface area contributed by atoms with Crippen molar-refractivity contribution in [2.75, 3.05) is 5.32 Å². The number of rotatable bonds is 5. The van der Waals surface area contributed by atoms with Crippen molar-refractivity contribution in [2.24, 2.45) is 5.73 Å². The molecule has 0 radical (unpaired) electrons. The molecule has 1 unspecified atom stereocenters. The van der Waals surface area contributed by atoms with Crippen molar-refractivity contribution in [3.8, 4) is 0 Å². The Labute approximate surface area is 188 Å². The Hall–Kier alpha value is -3.63. The molecular weight excluding hydrogens is 452 g/mol. The Morgan fingerprint density at radius 2 is 1.64 bits per heavy atom. The van der Waals surface area contributed by atoms with Gasteiger partial charge in [0.2, 0.25) is 15.9 Å². The van der Waals surface area contributed by atoms with E-state index in [2.05, 4.69) is 5.32 Å². The molecule has 10 heteroatoms. The van der Waals surface area contributed by atoms with Gasteiger partial charge in [0.15, 0.2) is 0 Å². The van der Waals surface area contributed by atoms with Crippen molar-refractivity contribution >= 4 is 27.5 Å².